The van der Waals surface area contributed by atoms with Crippen molar-refractivity contribution in [2.75, 3.05) is 23.6 Å². The van der Waals surface area contributed by atoms with E-state index in [2.05, 4.69) is 5.10 Å². The van der Waals surface area contributed by atoms with Gasteiger partial charge in [-0.1, -0.05) is 23.7 Å². The van der Waals surface area contributed by atoms with Gasteiger partial charge in [0.15, 0.2) is 5.82 Å². The summed E-state index contributed by atoms with van der Waals surface area (Å²) in [5.74, 6) is 0.0956. The topological polar surface area (TPSA) is 83.6 Å². The highest BCUT2D eigenvalue weighted by molar-refractivity contribution is 6.30. The second kappa shape index (κ2) is 8.23. The predicted molar refractivity (Wildman–Crippen MR) is 126 cm³/mol. The lowest BCUT2D eigenvalue weighted by Gasteiger charge is -2.28. The van der Waals surface area contributed by atoms with E-state index in [1.807, 2.05) is 12.1 Å². The Morgan fingerprint density at radius 1 is 0.970 bits per heavy atom. The van der Waals surface area contributed by atoms with E-state index in [0.717, 1.165) is 5.06 Å². The molecule has 0 bridgehead atoms. The minimum Gasteiger partial charge on any atom is -0.307 e. The second-order valence-corrected chi connectivity index (χ2v) is 8.13. The van der Waals surface area contributed by atoms with Crippen LogP contribution in [0.2, 0.25) is 5.02 Å². The molecule has 5 rings (SSSR count). The third-order valence-corrected chi connectivity index (χ3v) is 5.85. The van der Waals surface area contributed by atoms with E-state index in [1.54, 1.807) is 59.6 Å². The van der Waals surface area contributed by atoms with Crippen molar-refractivity contribution in [3.05, 3.63) is 99.6 Å². The summed E-state index contributed by atoms with van der Waals surface area (Å²) in [6.07, 6.45) is 2.22. The molecule has 0 unspecified atom stereocenters. The number of carbonyl (C=O) groups excluding carboxylic acids is 1. The minimum absolute atomic E-state index is 0.130. The summed E-state index contributed by atoms with van der Waals surface area (Å²) in [6.45, 7) is 0.429. The Labute approximate surface area is 194 Å². The number of anilines is 2. The zero-order valence-corrected chi connectivity index (χ0v) is 18.5. The number of nitrogens with zero attached hydrogens (tertiary/aromatic N) is 5. The van der Waals surface area contributed by atoms with Gasteiger partial charge >= 0.3 is 0 Å². The van der Waals surface area contributed by atoms with Crippen LogP contribution in [-0.2, 0) is 6.42 Å². The molecular weight excluding hydrogens is 442 g/mol. The van der Waals surface area contributed by atoms with Gasteiger partial charge in [0.25, 0.3) is 11.5 Å². The molecule has 0 radical (unpaired) electrons. The van der Waals surface area contributed by atoms with E-state index >= 15 is 0 Å². The summed E-state index contributed by atoms with van der Waals surface area (Å²) in [7, 11) is 1.48. The normalized spacial score (nSPS) is 13.2. The number of pyridine rings is 1. The van der Waals surface area contributed by atoms with Crippen molar-refractivity contribution >= 4 is 29.0 Å². The van der Waals surface area contributed by atoms with Crippen LogP contribution in [0.5, 0.6) is 0 Å². The van der Waals surface area contributed by atoms with Crippen molar-refractivity contribution < 1.29 is 10.0 Å². The van der Waals surface area contributed by atoms with Crippen LogP contribution in [0.3, 0.4) is 0 Å². The van der Waals surface area contributed by atoms with E-state index in [0.29, 0.717) is 52.1 Å². The monoisotopic (exact) mass is 461 g/mol. The van der Waals surface area contributed by atoms with Crippen LogP contribution in [0, 0.1) is 0 Å². The molecule has 0 fully saturated rings. The molecule has 8 nitrogen and oxygen atoms in total. The molecule has 2 aromatic carbocycles. The maximum Gasteiger partial charge on any atom is 0.277 e. The van der Waals surface area contributed by atoms with Crippen LogP contribution in [0.1, 0.15) is 16.1 Å². The van der Waals surface area contributed by atoms with Gasteiger partial charge in [0.1, 0.15) is 5.69 Å². The molecule has 166 valence electrons. The Bertz CT molecular complexity index is 1410. The Hall–Kier alpha value is -3.88. The van der Waals surface area contributed by atoms with Crippen LogP contribution < -0.4 is 15.5 Å². The SMILES string of the molecule is CN(O)c1nn(-c2cccc(Cl)c2)c2c1CCN(c1ccc(-n3ccccc3=O)cc1)C2=O. The molecular formula is C24H20ClN5O3. The van der Waals surface area contributed by atoms with Crippen molar-refractivity contribution in [1.29, 1.82) is 0 Å². The van der Waals surface area contributed by atoms with Crippen LogP contribution in [-0.4, -0.2) is 39.1 Å². The van der Waals surface area contributed by atoms with Gasteiger partial charge < -0.3 is 4.90 Å². The largest absolute Gasteiger partial charge is 0.307 e. The maximum atomic E-state index is 13.6. The molecule has 2 aromatic heterocycles. The number of amides is 1. The van der Waals surface area contributed by atoms with Gasteiger partial charge in [0, 0.05) is 47.8 Å². The van der Waals surface area contributed by atoms with Gasteiger partial charge in [-0.2, -0.15) is 0 Å². The number of halogens is 1. The van der Waals surface area contributed by atoms with Gasteiger partial charge in [-0.05, 0) is 55.0 Å². The average Bonchev–Trinajstić information content (AvgIpc) is 3.21. The summed E-state index contributed by atoms with van der Waals surface area (Å²) < 4.78 is 3.06. The van der Waals surface area contributed by atoms with E-state index in [4.69, 9.17) is 11.6 Å². The number of hydroxylamine groups is 1. The smallest absolute Gasteiger partial charge is 0.277 e. The third-order valence-electron chi connectivity index (χ3n) is 5.62. The van der Waals surface area contributed by atoms with Crippen molar-refractivity contribution in [3.8, 4) is 11.4 Å². The second-order valence-electron chi connectivity index (χ2n) is 7.70. The minimum atomic E-state index is -0.235. The zero-order chi connectivity index (χ0) is 23.1. The van der Waals surface area contributed by atoms with Crippen LogP contribution in [0.4, 0.5) is 11.5 Å². The van der Waals surface area contributed by atoms with Gasteiger partial charge in [-0.3, -0.25) is 19.4 Å². The Balaban J connectivity index is 1.55. The summed E-state index contributed by atoms with van der Waals surface area (Å²) >= 11 is 6.16. The number of fused-ring (bicyclic) bond motifs is 1. The average molecular weight is 462 g/mol. The van der Waals surface area contributed by atoms with Gasteiger partial charge in [-0.15, -0.1) is 5.10 Å². The van der Waals surface area contributed by atoms with E-state index in [-0.39, 0.29) is 11.5 Å². The molecule has 1 aliphatic rings. The lowest BCUT2D eigenvalue weighted by Crippen LogP contribution is -2.39. The fourth-order valence-electron chi connectivity index (χ4n) is 4.08. The summed E-state index contributed by atoms with van der Waals surface area (Å²) in [6, 6.07) is 19.3. The first kappa shape index (κ1) is 21.0. The van der Waals surface area contributed by atoms with Crippen molar-refractivity contribution in [2.45, 2.75) is 6.42 Å². The highest BCUT2D eigenvalue weighted by Gasteiger charge is 2.34. The van der Waals surface area contributed by atoms with E-state index < -0.39 is 0 Å². The van der Waals surface area contributed by atoms with Crippen molar-refractivity contribution in [1.82, 2.24) is 14.3 Å². The summed E-state index contributed by atoms with van der Waals surface area (Å²) in [5.41, 5.74) is 2.96. The molecule has 4 aromatic rings. The molecule has 0 saturated heterocycles. The zero-order valence-electron chi connectivity index (χ0n) is 17.7. The standard InChI is InChI=1S/C24H20ClN5O3/c1-27(33)23-20-12-14-29(18-10-8-17(9-11-18)28-13-3-2-7-21(28)31)24(32)22(20)30(26-23)19-6-4-5-16(25)15-19/h2-11,13,15,33H,12,14H2,1H3. The van der Waals surface area contributed by atoms with Crippen LogP contribution >= 0.6 is 11.6 Å². The molecule has 3 heterocycles. The number of hydrogen-bond donors (Lipinski definition) is 1. The highest BCUT2D eigenvalue weighted by atomic mass is 35.5. The molecule has 9 heteroatoms. The van der Waals surface area contributed by atoms with Gasteiger partial charge in [-0.25, -0.2) is 9.75 Å². The molecule has 0 saturated carbocycles. The third kappa shape index (κ3) is 3.69. The number of aromatic nitrogens is 3. The summed E-state index contributed by atoms with van der Waals surface area (Å²) in [5, 5.41) is 16.0. The molecule has 0 spiro atoms. The number of carbonyl (C=O) groups is 1. The molecule has 1 amide bonds. The lowest BCUT2D eigenvalue weighted by atomic mass is 10.0. The highest BCUT2D eigenvalue weighted by Crippen LogP contribution is 2.32. The Morgan fingerprint density at radius 2 is 1.73 bits per heavy atom. The molecule has 33 heavy (non-hydrogen) atoms. The van der Waals surface area contributed by atoms with Gasteiger partial charge in [0.2, 0.25) is 0 Å². The number of hydrogen-bond acceptors (Lipinski definition) is 5. The van der Waals surface area contributed by atoms with Crippen LogP contribution in [0.25, 0.3) is 11.4 Å². The van der Waals surface area contributed by atoms with E-state index in [9.17, 15) is 14.8 Å². The molecule has 1 aliphatic heterocycles. The molecule has 0 atom stereocenters. The van der Waals surface area contributed by atoms with Crippen LogP contribution in [0.15, 0.2) is 77.7 Å². The summed E-state index contributed by atoms with van der Waals surface area (Å²) in [4.78, 5) is 27.4. The number of benzene rings is 2. The fraction of sp³-hybridized carbons (Fsp3) is 0.125. The first-order valence-electron chi connectivity index (χ1n) is 10.3. The quantitative estimate of drug-likeness (QED) is 0.468. The van der Waals surface area contributed by atoms with Crippen molar-refractivity contribution in [3.63, 3.8) is 0 Å². The molecule has 0 aliphatic carbocycles. The fourth-order valence-corrected chi connectivity index (χ4v) is 4.26. The molecule has 1 N–H and O–H groups in total. The van der Waals surface area contributed by atoms with E-state index in [1.165, 1.54) is 22.4 Å². The number of rotatable bonds is 4. The predicted octanol–water partition coefficient (Wildman–Crippen LogP) is 3.70. The maximum absolute atomic E-state index is 13.6. The van der Waals surface area contributed by atoms with Crippen molar-refractivity contribution in [2.24, 2.45) is 0 Å². The first-order valence-corrected chi connectivity index (χ1v) is 10.7. The Morgan fingerprint density at radius 3 is 2.42 bits per heavy atom. The Kier molecular flexibility index (Phi) is 5.24. The lowest BCUT2D eigenvalue weighted by molar-refractivity contribution is 0.0973. The van der Waals surface area contributed by atoms with Gasteiger partial charge in [0.05, 0.1) is 5.69 Å². The first-order chi connectivity index (χ1) is 15.9.